The van der Waals surface area contributed by atoms with Gasteiger partial charge in [0, 0.05) is 26.2 Å². The molecule has 7 heteroatoms. The zero-order chi connectivity index (χ0) is 16.4. The molecule has 2 fully saturated rings. The van der Waals surface area contributed by atoms with Crippen molar-refractivity contribution in [1.82, 2.24) is 20.4 Å². The van der Waals surface area contributed by atoms with Crippen molar-refractivity contribution in [3.8, 4) is 5.75 Å². The number of benzene rings is 1. The molecular formula is C16H22N4O3. The highest BCUT2D eigenvalue weighted by molar-refractivity contribution is 6.07. The Morgan fingerprint density at radius 1 is 1.17 bits per heavy atom. The number of piperazine rings is 1. The Balaban J connectivity index is 1.78. The van der Waals surface area contributed by atoms with E-state index in [0.29, 0.717) is 12.4 Å². The van der Waals surface area contributed by atoms with Crippen LogP contribution in [-0.2, 0) is 10.3 Å². The second-order valence-electron chi connectivity index (χ2n) is 6.03. The Hall–Kier alpha value is -2.12. The predicted molar refractivity (Wildman–Crippen MR) is 85.0 cm³/mol. The van der Waals surface area contributed by atoms with Crippen molar-refractivity contribution in [3.63, 3.8) is 0 Å². The maximum Gasteiger partial charge on any atom is 0.326 e. The second-order valence-corrected chi connectivity index (χ2v) is 6.03. The quantitative estimate of drug-likeness (QED) is 0.783. The number of hydrogen-bond donors (Lipinski definition) is 2. The first kappa shape index (κ1) is 15.8. The third-order valence-corrected chi connectivity index (χ3v) is 4.49. The minimum atomic E-state index is -1.03. The highest BCUT2D eigenvalue weighted by Crippen LogP contribution is 2.30. The van der Waals surface area contributed by atoms with E-state index >= 15 is 0 Å². The van der Waals surface area contributed by atoms with E-state index in [1.54, 1.807) is 26.2 Å². The second kappa shape index (κ2) is 6.17. The molecular weight excluding hydrogens is 296 g/mol. The number of nitrogens with zero attached hydrogens (tertiary/aromatic N) is 2. The zero-order valence-electron chi connectivity index (χ0n) is 13.5. The average Bonchev–Trinajstić information content (AvgIpc) is 2.80. The molecule has 3 amide bonds. The number of carbonyl (C=O) groups excluding carboxylic acids is 2. The van der Waals surface area contributed by atoms with E-state index < -0.39 is 5.54 Å². The van der Waals surface area contributed by atoms with Crippen LogP contribution in [0.1, 0.15) is 12.5 Å². The number of carbonyl (C=O) groups is 2. The van der Waals surface area contributed by atoms with Gasteiger partial charge in [-0.25, -0.2) is 9.69 Å². The van der Waals surface area contributed by atoms with E-state index in [2.05, 4.69) is 15.5 Å². The summed E-state index contributed by atoms with van der Waals surface area (Å²) in [6.45, 7) is 5.48. The van der Waals surface area contributed by atoms with Crippen LogP contribution in [0.15, 0.2) is 24.3 Å². The van der Waals surface area contributed by atoms with Crippen molar-refractivity contribution >= 4 is 11.9 Å². The van der Waals surface area contributed by atoms with Crippen molar-refractivity contribution in [1.29, 1.82) is 0 Å². The Bertz CT molecular complexity index is 598. The Kier molecular flexibility index (Phi) is 4.23. The van der Waals surface area contributed by atoms with Crippen LogP contribution < -0.4 is 15.4 Å². The maximum absolute atomic E-state index is 12.8. The lowest BCUT2D eigenvalue weighted by Gasteiger charge is -2.30. The average molecular weight is 318 g/mol. The number of methoxy groups -OCH3 is 1. The highest BCUT2D eigenvalue weighted by Gasteiger charge is 2.49. The molecule has 2 N–H and O–H groups in total. The molecule has 1 atom stereocenters. The molecule has 1 unspecified atom stereocenters. The summed E-state index contributed by atoms with van der Waals surface area (Å²) < 4.78 is 5.14. The number of urea groups is 1. The predicted octanol–water partition coefficient (Wildman–Crippen LogP) is 0.325. The summed E-state index contributed by atoms with van der Waals surface area (Å²) in [4.78, 5) is 28.5. The Labute approximate surface area is 135 Å². The van der Waals surface area contributed by atoms with Gasteiger partial charge in [0.05, 0.1) is 13.8 Å². The number of amides is 3. The van der Waals surface area contributed by atoms with Gasteiger partial charge in [0.1, 0.15) is 11.3 Å². The van der Waals surface area contributed by atoms with E-state index in [9.17, 15) is 9.59 Å². The van der Waals surface area contributed by atoms with Crippen molar-refractivity contribution < 1.29 is 14.3 Å². The van der Waals surface area contributed by atoms with Crippen LogP contribution >= 0.6 is 0 Å². The SMILES string of the molecule is COc1ccc(C2(C)NC(=O)N(CN3CCNCC3)C2=O)cc1. The molecule has 124 valence electrons. The van der Waals surface area contributed by atoms with Crippen LogP contribution in [0.3, 0.4) is 0 Å². The number of imide groups is 1. The fourth-order valence-electron chi connectivity index (χ4n) is 3.00. The summed E-state index contributed by atoms with van der Waals surface area (Å²) in [5.74, 6) is 0.498. The van der Waals surface area contributed by atoms with E-state index in [4.69, 9.17) is 4.74 Å². The largest absolute Gasteiger partial charge is 0.497 e. The monoisotopic (exact) mass is 318 g/mol. The van der Waals surface area contributed by atoms with Crippen molar-refractivity contribution in [2.75, 3.05) is 40.0 Å². The first-order valence-corrected chi connectivity index (χ1v) is 7.76. The van der Waals surface area contributed by atoms with E-state index in [1.165, 1.54) is 4.90 Å². The summed E-state index contributed by atoms with van der Waals surface area (Å²) in [5, 5.41) is 6.09. The van der Waals surface area contributed by atoms with Crippen LogP contribution in [0.4, 0.5) is 4.79 Å². The molecule has 1 aromatic carbocycles. The van der Waals surface area contributed by atoms with Crippen molar-refractivity contribution in [2.45, 2.75) is 12.5 Å². The van der Waals surface area contributed by atoms with Gasteiger partial charge in [-0.2, -0.15) is 0 Å². The van der Waals surface area contributed by atoms with Gasteiger partial charge >= 0.3 is 6.03 Å². The first-order valence-electron chi connectivity index (χ1n) is 7.76. The number of rotatable bonds is 4. The third kappa shape index (κ3) is 2.89. The van der Waals surface area contributed by atoms with Crippen molar-refractivity contribution in [2.24, 2.45) is 0 Å². The van der Waals surface area contributed by atoms with Crippen LogP contribution in [0, 0.1) is 0 Å². The van der Waals surface area contributed by atoms with Gasteiger partial charge < -0.3 is 15.4 Å². The van der Waals surface area contributed by atoms with E-state index in [0.717, 1.165) is 31.7 Å². The standard InChI is InChI=1S/C16H22N4O3/c1-16(12-3-5-13(23-2)6-4-12)14(21)20(15(22)18-16)11-19-9-7-17-8-10-19/h3-6,17H,7-11H2,1-2H3,(H,18,22). The molecule has 2 saturated heterocycles. The molecule has 0 aromatic heterocycles. The molecule has 7 nitrogen and oxygen atoms in total. The lowest BCUT2D eigenvalue weighted by molar-refractivity contribution is -0.132. The summed E-state index contributed by atoms with van der Waals surface area (Å²) in [6, 6.07) is 6.86. The van der Waals surface area contributed by atoms with Crippen molar-refractivity contribution in [3.05, 3.63) is 29.8 Å². The van der Waals surface area contributed by atoms with E-state index in [-0.39, 0.29) is 11.9 Å². The molecule has 3 rings (SSSR count). The molecule has 0 spiro atoms. The Morgan fingerprint density at radius 3 is 2.43 bits per heavy atom. The smallest absolute Gasteiger partial charge is 0.326 e. The van der Waals surface area contributed by atoms with Gasteiger partial charge in [-0.05, 0) is 24.6 Å². The molecule has 2 aliphatic heterocycles. The molecule has 0 saturated carbocycles. The lowest BCUT2D eigenvalue weighted by atomic mass is 9.92. The number of hydrogen-bond acceptors (Lipinski definition) is 5. The first-order chi connectivity index (χ1) is 11.0. The summed E-state index contributed by atoms with van der Waals surface area (Å²) in [6.07, 6.45) is 0. The minimum Gasteiger partial charge on any atom is -0.497 e. The fourth-order valence-corrected chi connectivity index (χ4v) is 3.00. The van der Waals surface area contributed by atoms with Gasteiger partial charge in [0.15, 0.2) is 0 Å². The lowest BCUT2D eigenvalue weighted by Crippen LogP contribution is -2.50. The molecule has 0 bridgehead atoms. The summed E-state index contributed by atoms with van der Waals surface area (Å²) in [5.41, 5.74) is -0.281. The van der Waals surface area contributed by atoms with Crippen LogP contribution in [0.25, 0.3) is 0 Å². The van der Waals surface area contributed by atoms with Crippen LogP contribution in [0.2, 0.25) is 0 Å². The van der Waals surface area contributed by atoms with Gasteiger partial charge in [0.25, 0.3) is 5.91 Å². The molecule has 2 aliphatic rings. The molecule has 0 radical (unpaired) electrons. The van der Waals surface area contributed by atoms with E-state index in [1.807, 2.05) is 12.1 Å². The highest BCUT2D eigenvalue weighted by atomic mass is 16.5. The molecule has 23 heavy (non-hydrogen) atoms. The fraction of sp³-hybridized carbons (Fsp3) is 0.500. The normalized spacial score (nSPS) is 25.6. The summed E-state index contributed by atoms with van der Waals surface area (Å²) >= 11 is 0. The summed E-state index contributed by atoms with van der Waals surface area (Å²) in [7, 11) is 1.59. The topological polar surface area (TPSA) is 73.9 Å². The Morgan fingerprint density at radius 2 is 1.83 bits per heavy atom. The zero-order valence-corrected chi connectivity index (χ0v) is 13.5. The van der Waals surface area contributed by atoms with Gasteiger partial charge in [0.2, 0.25) is 0 Å². The minimum absolute atomic E-state index is 0.216. The molecule has 2 heterocycles. The number of nitrogens with one attached hydrogen (secondary N) is 2. The van der Waals surface area contributed by atoms with Gasteiger partial charge in [-0.15, -0.1) is 0 Å². The molecule has 1 aromatic rings. The number of ether oxygens (including phenoxy) is 1. The van der Waals surface area contributed by atoms with Gasteiger partial charge in [-0.3, -0.25) is 9.69 Å². The van der Waals surface area contributed by atoms with Gasteiger partial charge in [-0.1, -0.05) is 12.1 Å². The third-order valence-electron chi connectivity index (χ3n) is 4.49. The molecule has 0 aliphatic carbocycles. The maximum atomic E-state index is 12.8. The van der Waals surface area contributed by atoms with Crippen LogP contribution in [-0.4, -0.2) is 61.7 Å². The van der Waals surface area contributed by atoms with Crippen LogP contribution in [0.5, 0.6) is 5.75 Å².